The van der Waals surface area contributed by atoms with E-state index in [2.05, 4.69) is 22.5 Å². The third kappa shape index (κ3) is 4.04. The lowest BCUT2D eigenvalue weighted by Crippen LogP contribution is -2.48. The van der Waals surface area contributed by atoms with E-state index in [4.69, 9.17) is 9.47 Å². The highest BCUT2D eigenvalue weighted by molar-refractivity contribution is 5.85. The van der Waals surface area contributed by atoms with Gasteiger partial charge in [-0.25, -0.2) is 4.39 Å². The van der Waals surface area contributed by atoms with Gasteiger partial charge in [0.05, 0.1) is 32.1 Å². The third-order valence-electron chi connectivity index (χ3n) is 5.19. The topological polar surface area (TPSA) is 65.4 Å². The van der Waals surface area contributed by atoms with E-state index in [1.54, 1.807) is 0 Å². The average Bonchev–Trinajstić information content (AvgIpc) is 3.10. The molecule has 0 aliphatic carbocycles. The highest BCUT2D eigenvalue weighted by Crippen LogP contribution is 2.28. The first-order valence-electron chi connectivity index (χ1n) is 9.41. The summed E-state index contributed by atoms with van der Waals surface area (Å²) in [5, 5.41) is 7.38. The smallest absolute Gasteiger partial charge is 0.257 e. The predicted octanol–water partition coefficient (Wildman–Crippen LogP) is 2.18. The van der Waals surface area contributed by atoms with Crippen molar-refractivity contribution in [3.05, 3.63) is 53.3 Å². The zero-order valence-electron chi connectivity index (χ0n) is 15.2. The molecule has 2 aliphatic rings. The van der Waals surface area contributed by atoms with E-state index in [1.807, 2.05) is 29.1 Å². The van der Waals surface area contributed by atoms with E-state index in [0.717, 1.165) is 17.7 Å². The van der Waals surface area contributed by atoms with Crippen LogP contribution in [-0.2, 0) is 27.2 Å². The van der Waals surface area contributed by atoms with Crippen LogP contribution >= 0.6 is 0 Å². The van der Waals surface area contributed by atoms with Gasteiger partial charge in [0.1, 0.15) is 6.10 Å². The minimum Gasteiger partial charge on any atom is -0.381 e. The van der Waals surface area contributed by atoms with Crippen molar-refractivity contribution in [3.8, 4) is 0 Å². The number of aromatic nitrogens is 2. The quantitative estimate of drug-likeness (QED) is 0.873. The number of amides is 1. The molecule has 1 N–H and O–H groups in total. The Kier molecular flexibility index (Phi) is 5.22. The number of fused-ring (bicyclic) bond motifs is 1. The van der Waals surface area contributed by atoms with Gasteiger partial charge in [-0.05, 0) is 17.5 Å². The number of ether oxygens (including phenoxy) is 2. The molecule has 0 radical (unpaired) electrons. The molecule has 1 amide bonds. The van der Waals surface area contributed by atoms with Crippen LogP contribution in [0.4, 0.5) is 4.39 Å². The van der Waals surface area contributed by atoms with E-state index in [0.29, 0.717) is 13.2 Å². The summed E-state index contributed by atoms with van der Waals surface area (Å²) in [5.41, 5.74) is 1.28. The summed E-state index contributed by atoms with van der Waals surface area (Å²) in [6, 6.07) is 10.1. The number of benzene rings is 1. The van der Waals surface area contributed by atoms with Gasteiger partial charge in [0, 0.05) is 25.6 Å². The molecular weight excluding hydrogens is 349 g/mol. The van der Waals surface area contributed by atoms with E-state index in [-0.39, 0.29) is 38.7 Å². The van der Waals surface area contributed by atoms with Crippen LogP contribution in [-0.4, -0.2) is 47.7 Å². The van der Waals surface area contributed by atoms with Gasteiger partial charge in [0.2, 0.25) is 0 Å². The van der Waals surface area contributed by atoms with Crippen LogP contribution < -0.4 is 5.32 Å². The van der Waals surface area contributed by atoms with E-state index in [9.17, 15) is 9.18 Å². The number of halogens is 1. The second-order valence-electron chi connectivity index (χ2n) is 7.12. The van der Waals surface area contributed by atoms with Crippen LogP contribution in [0.15, 0.2) is 36.5 Å². The molecule has 144 valence electrons. The van der Waals surface area contributed by atoms with Crippen LogP contribution in [0.5, 0.6) is 0 Å². The largest absolute Gasteiger partial charge is 0.381 e. The summed E-state index contributed by atoms with van der Waals surface area (Å²) in [4.78, 5) is 12.3. The van der Waals surface area contributed by atoms with Gasteiger partial charge in [-0.15, -0.1) is 0 Å². The molecule has 0 saturated carbocycles. The molecule has 2 aliphatic heterocycles. The molecule has 2 aromatic rings. The molecule has 1 saturated heterocycles. The van der Waals surface area contributed by atoms with Crippen molar-refractivity contribution in [2.45, 2.75) is 37.6 Å². The van der Waals surface area contributed by atoms with Crippen molar-refractivity contribution < 1.29 is 18.7 Å². The molecule has 1 atom stereocenters. The van der Waals surface area contributed by atoms with Crippen molar-refractivity contribution in [2.75, 3.05) is 26.4 Å². The number of nitrogens with zero attached hydrogens (tertiary/aromatic N) is 2. The molecule has 6 nitrogen and oxygen atoms in total. The molecule has 0 spiro atoms. The van der Waals surface area contributed by atoms with Crippen LogP contribution in [0.2, 0.25) is 0 Å². The second-order valence-corrected chi connectivity index (χ2v) is 7.12. The lowest BCUT2D eigenvalue weighted by molar-refractivity contribution is -0.139. The van der Waals surface area contributed by atoms with Gasteiger partial charge in [0.15, 0.2) is 5.67 Å². The van der Waals surface area contributed by atoms with Crippen LogP contribution in [0.1, 0.15) is 35.8 Å². The van der Waals surface area contributed by atoms with E-state index >= 15 is 0 Å². The molecule has 1 fully saturated rings. The third-order valence-corrected chi connectivity index (χ3v) is 5.19. The maximum absolute atomic E-state index is 14.7. The first-order valence-corrected chi connectivity index (χ1v) is 9.41. The Labute approximate surface area is 157 Å². The van der Waals surface area contributed by atoms with Crippen molar-refractivity contribution in [1.82, 2.24) is 15.1 Å². The SMILES string of the molecule is O=C(NCC1OCCc2cn(Cc3ccccc3)nc21)C1(F)CCOCC1. The molecule has 1 unspecified atom stereocenters. The molecule has 4 rings (SSSR count). The monoisotopic (exact) mass is 373 g/mol. The Morgan fingerprint density at radius 1 is 1.26 bits per heavy atom. The molecule has 27 heavy (non-hydrogen) atoms. The van der Waals surface area contributed by atoms with Crippen LogP contribution in [0.3, 0.4) is 0 Å². The van der Waals surface area contributed by atoms with Gasteiger partial charge < -0.3 is 14.8 Å². The van der Waals surface area contributed by atoms with Crippen molar-refractivity contribution >= 4 is 5.91 Å². The molecule has 3 heterocycles. The maximum Gasteiger partial charge on any atom is 0.257 e. The fraction of sp³-hybridized carbons (Fsp3) is 0.500. The molecule has 1 aromatic heterocycles. The first kappa shape index (κ1) is 18.1. The number of nitrogens with one attached hydrogen (secondary N) is 1. The summed E-state index contributed by atoms with van der Waals surface area (Å²) >= 11 is 0. The van der Waals surface area contributed by atoms with Gasteiger partial charge in [-0.1, -0.05) is 30.3 Å². The minimum absolute atomic E-state index is 0.0985. The number of hydrogen-bond acceptors (Lipinski definition) is 4. The normalized spacial score (nSPS) is 21.4. The van der Waals surface area contributed by atoms with Crippen molar-refractivity contribution in [3.63, 3.8) is 0 Å². The zero-order chi connectivity index (χ0) is 18.7. The second kappa shape index (κ2) is 7.78. The van der Waals surface area contributed by atoms with Crippen LogP contribution in [0.25, 0.3) is 0 Å². The highest BCUT2D eigenvalue weighted by atomic mass is 19.1. The first-order chi connectivity index (χ1) is 13.1. The lowest BCUT2D eigenvalue weighted by Gasteiger charge is -2.29. The Hall–Kier alpha value is -2.25. The average molecular weight is 373 g/mol. The summed E-state index contributed by atoms with van der Waals surface area (Å²) in [5.74, 6) is -0.578. The Bertz CT molecular complexity index is 787. The highest BCUT2D eigenvalue weighted by Gasteiger charge is 2.40. The zero-order valence-corrected chi connectivity index (χ0v) is 15.2. The number of hydrogen-bond donors (Lipinski definition) is 1. The lowest BCUT2D eigenvalue weighted by atomic mass is 9.95. The molecular formula is C20H24FN3O3. The fourth-order valence-corrected chi connectivity index (χ4v) is 3.60. The summed E-state index contributed by atoms with van der Waals surface area (Å²) in [6.45, 7) is 2.02. The Morgan fingerprint density at radius 3 is 2.81 bits per heavy atom. The van der Waals surface area contributed by atoms with Gasteiger partial charge in [-0.3, -0.25) is 9.48 Å². The van der Waals surface area contributed by atoms with Gasteiger partial charge in [0.25, 0.3) is 5.91 Å². The number of alkyl halides is 1. The Balaban J connectivity index is 1.41. The number of rotatable bonds is 5. The number of carbonyl (C=O) groups excluding carboxylic acids is 1. The van der Waals surface area contributed by atoms with Crippen molar-refractivity contribution in [2.24, 2.45) is 0 Å². The molecule has 0 bridgehead atoms. The maximum atomic E-state index is 14.7. The summed E-state index contributed by atoms with van der Waals surface area (Å²) in [6.07, 6.45) is 2.68. The standard InChI is InChI=1S/C20H24FN3O3/c21-20(7-10-26-11-8-20)19(25)22-12-17-18-16(6-9-27-17)14-24(23-18)13-15-4-2-1-3-5-15/h1-5,14,17H,6-13H2,(H,22,25). The summed E-state index contributed by atoms with van der Waals surface area (Å²) < 4.78 is 27.6. The molecule has 1 aromatic carbocycles. The van der Waals surface area contributed by atoms with E-state index < -0.39 is 11.6 Å². The summed E-state index contributed by atoms with van der Waals surface area (Å²) in [7, 11) is 0. The van der Waals surface area contributed by atoms with Crippen LogP contribution in [0, 0.1) is 0 Å². The Morgan fingerprint density at radius 2 is 2.04 bits per heavy atom. The van der Waals surface area contributed by atoms with Gasteiger partial charge >= 0.3 is 0 Å². The number of carbonyl (C=O) groups is 1. The predicted molar refractivity (Wildman–Crippen MR) is 97.1 cm³/mol. The van der Waals surface area contributed by atoms with Gasteiger partial charge in [-0.2, -0.15) is 5.10 Å². The molecule has 7 heteroatoms. The fourth-order valence-electron chi connectivity index (χ4n) is 3.60. The van der Waals surface area contributed by atoms with E-state index in [1.165, 1.54) is 5.56 Å². The van der Waals surface area contributed by atoms with Crippen molar-refractivity contribution in [1.29, 1.82) is 0 Å². The minimum atomic E-state index is -1.84.